The quantitative estimate of drug-likeness (QED) is 0.308. The molecule has 0 saturated carbocycles. The Morgan fingerprint density at radius 2 is 1.52 bits per heavy atom. The number of nitrogens with one attached hydrogen (secondary N) is 1. The van der Waals surface area contributed by atoms with Crippen molar-refractivity contribution in [1.29, 1.82) is 0 Å². The van der Waals surface area contributed by atoms with Gasteiger partial charge in [0.25, 0.3) is 5.91 Å². The summed E-state index contributed by atoms with van der Waals surface area (Å²) in [7, 11) is 0.311. The molecule has 0 radical (unpaired) electrons. The maximum Gasteiger partial charge on any atom is 0.338 e. The van der Waals surface area contributed by atoms with Crippen LogP contribution in [0.5, 0.6) is 0 Å². The van der Waals surface area contributed by atoms with Crippen LogP contribution in [-0.4, -0.2) is 32.1 Å². The molecule has 0 aromatic heterocycles. The highest BCUT2D eigenvalue weighted by Gasteiger charge is 2.24. The van der Waals surface area contributed by atoms with Gasteiger partial charge >= 0.3 is 5.97 Å². The third-order valence-electron chi connectivity index (χ3n) is 4.85. The van der Waals surface area contributed by atoms with Crippen molar-refractivity contribution in [2.75, 3.05) is 20.2 Å². The number of esters is 1. The molecule has 3 rings (SSSR count). The first-order valence-corrected chi connectivity index (χ1v) is 11.6. The molecule has 6 heteroatoms. The Hall–Kier alpha value is -3.01. The Bertz CT molecular complexity index is 970. The van der Waals surface area contributed by atoms with Crippen LogP contribution >= 0.6 is 7.92 Å². The van der Waals surface area contributed by atoms with Crippen molar-refractivity contribution < 1.29 is 14.3 Å². The Labute approximate surface area is 184 Å². The Morgan fingerprint density at radius 1 is 0.903 bits per heavy atom. The maximum atomic E-state index is 12.8. The van der Waals surface area contributed by atoms with E-state index < -0.39 is 13.9 Å². The lowest BCUT2D eigenvalue weighted by atomic mass is 10.1. The summed E-state index contributed by atoms with van der Waals surface area (Å²) in [5.74, 6) is -0.574. The molecule has 0 saturated heterocycles. The second-order valence-electron chi connectivity index (χ2n) is 6.98. The van der Waals surface area contributed by atoms with Gasteiger partial charge in [-0.15, -0.1) is 0 Å². The van der Waals surface area contributed by atoms with Gasteiger partial charge in [0.05, 0.1) is 12.7 Å². The van der Waals surface area contributed by atoms with Gasteiger partial charge in [-0.2, -0.15) is 0 Å². The van der Waals surface area contributed by atoms with Gasteiger partial charge < -0.3 is 15.8 Å². The third-order valence-corrected chi connectivity index (χ3v) is 7.33. The number of hydrogen-bond acceptors (Lipinski definition) is 4. The zero-order valence-corrected chi connectivity index (χ0v) is 18.5. The lowest BCUT2D eigenvalue weighted by molar-refractivity contribution is 0.0602. The molecule has 0 unspecified atom stereocenters. The number of rotatable bonds is 9. The van der Waals surface area contributed by atoms with E-state index in [2.05, 4.69) is 29.6 Å². The van der Waals surface area contributed by atoms with Gasteiger partial charge in [-0.25, -0.2) is 4.79 Å². The van der Waals surface area contributed by atoms with Gasteiger partial charge in [0.1, 0.15) is 0 Å². The lowest BCUT2D eigenvalue weighted by Gasteiger charge is -2.22. The summed E-state index contributed by atoms with van der Waals surface area (Å²) in [4.78, 5) is 25.4. The molecular formula is C25H27N2O3P. The minimum atomic E-state index is -1.06. The van der Waals surface area contributed by atoms with Crippen molar-refractivity contribution in [3.63, 3.8) is 0 Å². The average molecular weight is 434 g/mol. The van der Waals surface area contributed by atoms with Crippen molar-refractivity contribution in [2.24, 2.45) is 5.73 Å². The van der Waals surface area contributed by atoms with Gasteiger partial charge in [-0.3, -0.25) is 4.79 Å². The molecule has 31 heavy (non-hydrogen) atoms. The number of nitrogens with two attached hydrogens (primary N) is 1. The van der Waals surface area contributed by atoms with Crippen molar-refractivity contribution in [2.45, 2.75) is 12.8 Å². The second kappa shape index (κ2) is 11.4. The van der Waals surface area contributed by atoms with E-state index >= 15 is 0 Å². The van der Waals surface area contributed by atoms with Crippen molar-refractivity contribution in [1.82, 2.24) is 5.32 Å². The summed E-state index contributed by atoms with van der Waals surface area (Å²) in [6, 6.07) is 25.3. The Balaban J connectivity index is 2.07. The second-order valence-corrected chi connectivity index (χ2v) is 9.17. The molecule has 0 fully saturated rings. The molecule has 160 valence electrons. The van der Waals surface area contributed by atoms with Crippen molar-refractivity contribution in [3.8, 4) is 0 Å². The first-order chi connectivity index (χ1) is 15.2. The molecule has 0 aliphatic rings. The molecule has 3 aromatic carbocycles. The smallest absolute Gasteiger partial charge is 0.338 e. The van der Waals surface area contributed by atoms with Crippen LogP contribution in [-0.2, 0) is 4.74 Å². The van der Waals surface area contributed by atoms with E-state index in [1.165, 1.54) is 7.11 Å². The lowest BCUT2D eigenvalue weighted by Crippen LogP contribution is -2.29. The molecule has 5 nitrogen and oxygen atoms in total. The molecule has 0 heterocycles. The van der Waals surface area contributed by atoms with Crippen LogP contribution in [0.2, 0.25) is 0 Å². The van der Waals surface area contributed by atoms with Crippen LogP contribution in [0.4, 0.5) is 0 Å². The van der Waals surface area contributed by atoms with E-state index in [9.17, 15) is 9.59 Å². The van der Waals surface area contributed by atoms with Crippen LogP contribution in [0, 0.1) is 0 Å². The highest BCUT2D eigenvalue weighted by Crippen LogP contribution is 2.34. The number of methoxy groups -OCH3 is 1. The predicted molar refractivity (Wildman–Crippen MR) is 127 cm³/mol. The van der Waals surface area contributed by atoms with Crippen molar-refractivity contribution in [3.05, 3.63) is 90.0 Å². The summed E-state index contributed by atoms with van der Waals surface area (Å²) in [5.41, 5.74) is 6.52. The number of carbonyl (C=O) groups is 2. The molecule has 0 atom stereocenters. The topological polar surface area (TPSA) is 81.4 Å². The number of carbonyl (C=O) groups excluding carboxylic acids is 2. The third kappa shape index (κ3) is 5.78. The van der Waals surface area contributed by atoms with Gasteiger partial charge in [0, 0.05) is 17.4 Å². The zero-order valence-electron chi connectivity index (χ0n) is 17.6. The summed E-state index contributed by atoms with van der Waals surface area (Å²) in [6.45, 7) is 1.17. The van der Waals surface area contributed by atoms with Crippen LogP contribution in [0.15, 0.2) is 78.9 Å². The summed E-state index contributed by atoms with van der Waals surface area (Å²) in [6.07, 6.45) is 1.69. The molecule has 0 aliphatic heterocycles. The molecule has 3 N–H and O–H groups in total. The zero-order chi connectivity index (χ0) is 22.1. The highest BCUT2D eigenvalue weighted by molar-refractivity contribution is 7.80. The van der Waals surface area contributed by atoms with Gasteiger partial charge in [0.2, 0.25) is 0 Å². The molecule has 0 aliphatic carbocycles. The van der Waals surface area contributed by atoms with Crippen LogP contribution in [0.25, 0.3) is 0 Å². The number of amides is 1. The van der Waals surface area contributed by atoms with Crippen molar-refractivity contribution >= 4 is 35.7 Å². The van der Waals surface area contributed by atoms with E-state index in [1.807, 2.05) is 42.5 Å². The maximum absolute atomic E-state index is 12.8. The minimum absolute atomic E-state index is 0.161. The summed E-state index contributed by atoms with van der Waals surface area (Å²) < 4.78 is 5.05. The SMILES string of the molecule is COC(=O)c1ccc(C(=O)NCCCCN)cc1P(c1ccccc1)c1ccccc1. The van der Waals surface area contributed by atoms with Crippen LogP contribution < -0.4 is 27.0 Å². The molecule has 0 spiro atoms. The fourth-order valence-electron chi connectivity index (χ4n) is 3.30. The van der Waals surface area contributed by atoms with E-state index in [0.29, 0.717) is 24.2 Å². The van der Waals surface area contributed by atoms with Gasteiger partial charge in [-0.05, 0) is 56.1 Å². The summed E-state index contributed by atoms with van der Waals surface area (Å²) in [5, 5.41) is 5.92. The Kier molecular flexibility index (Phi) is 8.34. The molecule has 3 aromatic rings. The van der Waals surface area contributed by atoms with Gasteiger partial charge in [-0.1, -0.05) is 60.7 Å². The number of ether oxygens (including phenoxy) is 1. The fourth-order valence-corrected chi connectivity index (χ4v) is 5.77. The predicted octanol–water partition coefficient (Wildman–Crippen LogP) is 2.70. The number of hydrogen-bond donors (Lipinski definition) is 2. The molecule has 0 bridgehead atoms. The van der Waals surface area contributed by atoms with E-state index in [1.54, 1.807) is 12.1 Å². The molecule has 1 amide bonds. The van der Waals surface area contributed by atoms with E-state index in [4.69, 9.17) is 10.5 Å². The van der Waals surface area contributed by atoms with Crippen LogP contribution in [0.3, 0.4) is 0 Å². The first-order valence-electron chi connectivity index (χ1n) is 10.3. The highest BCUT2D eigenvalue weighted by atomic mass is 31.1. The standard InChI is InChI=1S/C25H27N2O3P/c1-30-25(29)22-15-14-19(24(28)27-17-9-8-16-26)18-23(22)31(20-10-4-2-5-11-20)21-12-6-3-7-13-21/h2-7,10-15,18H,8-9,16-17,26H2,1H3,(H,27,28). The number of unbranched alkanes of at least 4 members (excludes halogenated alkanes) is 1. The summed E-state index contributed by atoms with van der Waals surface area (Å²) >= 11 is 0. The van der Waals surface area contributed by atoms with E-state index in [-0.39, 0.29) is 5.91 Å². The minimum Gasteiger partial charge on any atom is -0.465 e. The first kappa shape index (κ1) is 22.7. The normalized spacial score (nSPS) is 10.7. The van der Waals surface area contributed by atoms with E-state index in [0.717, 1.165) is 28.8 Å². The largest absolute Gasteiger partial charge is 0.465 e. The van der Waals surface area contributed by atoms with Crippen LogP contribution in [0.1, 0.15) is 33.6 Å². The van der Waals surface area contributed by atoms with Gasteiger partial charge in [0.15, 0.2) is 0 Å². The monoisotopic (exact) mass is 434 g/mol. The number of benzene rings is 3. The Morgan fingerprint density at radius 3 is 2.06 bits per heavy atom. The average Bonchev–Trinajstić information content (AvgIpc) is 2.83. The molecular weight excluding hydrogens is 407 g/mol. The fraction of sp³-hybridized carbons (Fsp3) is 0.200.